The lowest BCUT2D eigenvalue weighted by molar-refractivity contribution is -0.120. The predicted molar refractivity (Wildman–Crippen MR) is 76.5 cm³/mol. The maximum absolute atomic E-state index is 14.3. The molecule has 114 valence electrons. The van der Waals surface area contributed by atoms with Crippen LogP contribution in [0.5, 0.6) is 0 Å². The summed E-state index contributed by atoms with van der Waals surface area (Å²) in [5, 5.41) is 5.54. The first-order valence-corrected chi connectivity index (χ1v) is 7.07. The van der Waals surface area contributed by atoms with Gasteiger partial charge in [0, 0.05) is 38.8 Å². The molecule has 2 heterocycles. The van der Waals surface area contributed by atoms with E-state index in [-0.39, 0.29) is 23.7 Å². The van der Waals surface area contributed by atoms with E-state index >= 15 is 0 Å². The van der Waals surface area contributed by atoms with Gasteiger partial charge in [0.15, 0.2) is 11.6 Å². The normalized spacial score (nSPS) is 15.3. The van der Waals surface area contributed by atoms with E-state index in [2.05, 4.69) is 15.6 Å². The third kappa shape index (κ3) is 3.68. The van der Waals surface area contributed by atoms with Gasteiger partial charge in [0.25, 0.3) is 5.91 Å². The Bertz CT molecular complexity index is 536. The van der Waals surface area contributed by atoms with Gasteiger partial charge >= 0.3 is 0 Å². The number of nitrogens with zero attached hydrogens (tertiary/aromatic N) is 2. The summed E-state index contributed by atoms with van der Waals surface area (Å²) < 4.78 is 14.3. The average molecular weight is 294 g/mol. The highest BCUT2D eigenvalue weighted by Gasteiger charge is 2.23. The molecule has 0 saturated carbocycles. The molecule has 0 bridgehead atoms. The maximum atomic E-state index is 14.3. The first kappa shape index (κ1) is 15.2. The summed E-state index contributed by atoms with van der Waals surface area (Å²) >= 11 is 0. The second-order valence-corrected chi connectivity index (χ2v) is 4.84. The minimum atomic E-state index is -0.639. The van der Waals surface area contributed by atoms with Crippen LogP contribution in [-0.2, 0) is 4.79 Å². The average Bonchev–Trinajstić information content (AvgIpc) is 2.70. The highest BCUT2D eigenvalue weighted by Crippen LogP contribution is 2.17. The Morgan fingerprint density at radius 1 is 1.52 bits per heavy atom. The molecule has 7 heteroatoms. The van der Waals surface area contributed by atoms with E-state index in [4.69, 9.17) is 0 Å². The van der Waals surface area contributed by atoms with Gasteiger partial charge in [0.05, 0.1) is 5.56 Å². The molecule has 6 nitrogen and oxygen atoms in total. The molecular weight excluding hydrogens is 275 g/mol. The minimum absolute atomic E-state index is 0.0158. The van der Waals surface area contributed by atoms with Crippen LogP contribution in [-0.4, -0.2) is 47.9 Å². The van der Waals surface area contributed by atoms with E-state index in [0.717, 1.165) is 6.42 Å². The Morgan fingerprint density at radius 3 is 3.10 bits per heavy atom. The third-order valence-corrected chi connectivity index (χ3v) is 3.26. The SMILES string of the molecule is CCCNc1nccc(C(=O)N2CCNC(=O)CC2)c1F. The van der Waals surface area contributed by atoms with Gasteiger partial charge < -0.3 is 15.5 Å². The van der Waals surface area contributed by atoms with Crippen LogP contribution in [0.2, 0.25) is 0 Å². The highest BCUT2D eigenvalue weighted by molar-refractivity contribution is 5.95. The fourth-order valence-corrected chi connectivity index (χ4v) is 2.12. The Kier molecular flexibility index (Phi) is 5.08. The van der Waals surface area contributed by atoms with Gasteiger partial charge in [-0.25, -0.2) is 9.37 Å². The van der Waals surface area contributed by atoms with Crippen LogP contribution in [0.4, 0.5) is 10.2 Å². The van der Waals surface area contributed by atoms with Gasteiger partial charge in [-0.05, 0) is 12.5 Å². The summed E-state index contributed by atoms with van der Waals surface area (Å²) in [6, 6.07) is 1.37. The number of carbonyl (C=O) groups is 2. The molecule has 0 aliphatic carbocycles. The molecule has 1 aliphatic heterocycles. The summed E-state index contributed by atoms with van der Waals surface area (Å²) in [7, 11) is 0. The lowest BCUT2D eigenvalue weighted by atomic mass is 10.2. The first-order chi connectivity index (χ1) is 10.1. The molecular formula is C14H19FN4O2. The van der Waals surface area contributed by atoms with Crippen LogP contribution >= 0.6 is 0 Å². The van der Waals surface area contributed by atoms with Gasteiger partial charge in [-0.1, -0.05) is 6.92 Å². The van der Waals surface area contributed by atoms with E-state index in [9.17, 15) is 14.0 Å². The zero-order valence-corrected chi connectivity index (χ0v) is 12.0. The Hall–Kier alpha value is -2.18. The lowest BCUT2D eigenvalue weighted by Crippen LogP contribution is -2.34. The second-order valence-electron chi connectivity index (χ2n) is 4.84. The van der Waals surface area contributed by atoms with Crippen molar-refractivity contribution >= 4 is 17.6 Å². The van der Waals surface area contributed by atoms with Crippen molar-refractivity contribution in [1.82, 2.24) is 15.2 Å². The van der Waals surface area contributed by atoms with Gasteiger partial charge in [-0.3, -0.25) is 9.59 Å². The standard InChI is InChI=1S/C14H19FN4O2/c1-2-5-17-13-12(15)10(3-6-18-13)14(21)19-8-4-11(20)16-7-9-19/h3,6H,2,4-5,7-9H2,1H3,(H,16,20)(H,17,18). The minimum Gasteiger partial charge on any atom is -0.368 e. The van der Waals surface area contributed by atoms with Crippen LogP contribution in [0, 0.1) is 5.82 Å². The number of hydrogen-bond donors (Lipinski definition) is 2. The molecule has 1 aromatic rings. The summed E-state index contributed by atoms with van der Waals surface area (Å²) in [5.41, 5.74) is -0.0158. The van der Waals surface area contributed by atoms with Crippen molar-refractivity contribution in [2.24, 2.45) is 0 Å². The van der Waals surface area contributed by atoms with E-state index in [1.807, 2.05) is 6.92 Å². The Balaban J connectivity index is 2.16. The van der Waals surface area contributed by atoms with Gasteiger partial charge in [-0.15, -0.1) is 0 Å². The predicted octanol–water partition coefficient (Wildman–Crippen LogP) is 1.00. The zero-order chi connectivity index (χ0) is 15.2. The maximum Gasteiger partial charge on any atom is 0.257 e. The fraction of sp³-hybridized carbons (Fsp3) is 0.500. The molecule has 0 radical (unpaired) electrons. The number of nitrogens with one attached hydrogen (secondary N) is 2. The zero-order valence-electron chi connectivity index (χ0n) is 12.0. The molecule has 1 aromatic heterocycles. The number of amides is 2. The number of hydrogen-bond acceptors (Lipinski definition) is 4. The Labute approximate surface area is 122 Å². The van der Waals surface area contributed by atoms with Crippen molar-refractivity contribution in [2.45, 2.75) is 19.8 Å². The number of anilines is 1. The molecule has 21 heavy (non-hydrogen) atoms. The van der Waals surface area contributed by atoms with E-state index in [1.54, 1.807) is 0 Å². The highest BCUT2D eigenvalue weighted by atomic mass is 19.1. The van der Waals surface area contributed by atoms with Crippen LogP contribution in [0.1, 0.15) is 30.1 Å². The number of halogens is 1. The van der Waals surface area contributed by atoms with Gasteiger partial charge in [-0.2, -0.15) is 0 Å². The molecule has 0 spiro atoms. The Morgan fingerprint density at radius 2 is 2.33 bits per heavy atom. The molecule has 1 fully saturated rings. The number of pyridine rings is 1. The molecule has 2 amide bonds. The topological polar surface area (TPSA) is 74.3 Å². The lowest BCUT2D eigenvalue weighted by Gasteiger charge is -2.20. The monoisotopic (exact) mass is 294 g/mol. The molecule has 2 rings (SSSR count). The quantitative estimate of drug-likeness (QED) is 0.869. The van der Waals surface area contributed by atoms with Crippen molar-refractivity contribution in [3.8, 4) is 0 Å². The van der Waals surface area contributed by atoms with Crippen LogP contribution in [0.25, 0.3) is 0 Å². The van der Waals surface area contributed by atoms with Crippen molar-refractivity contribution in [3.63, 3.8) is 0 Å². The van der Waals surface area contributed by atoms with Crippen molar-refractivity contribution in [3.05, 3.63) is 23.6 Å². The second kappa shape index (κ2) is 7.01. The molecule has 1 aliphatic rings. The van der Waals surface area contributed by atoms with Crippen molar-refractivity contribution in [2.75, 3.05) is 31.5 Å². The molecule has 0 aromatic carbocycles. The number of carbonyl (C=O) groups excluding carboxylic acids is 2. The van der Waals surface area contributed by atoms with E-state index < -0.39 is 11.7 Å². The van der Waals surface area contributed by atoms with Crippen LogP contribution in [0.15, 0.2) is 12.3 Å². The molecule has 1 saturated heterocycles. The van der Waals surface area contributed by atoms with Gasteiger partial charge in [0.1, 0.15) is 0 Å². The smallest absolute Gasteiger partial charge is 0.257 e. The van der Waals surface area contributed by atoms with Gasteiger partial charge in [0.2, 0.25) is 5.91 Å². The molecule has 0 atom stereocenters. The van der Waals surface area contributed by atoms with Crippen LogP contribution < -0.4 is 10.6 Å². The third-order valence-electron chi connectivity index (χ3n) is 3.26. The number of rotatable bonds is 4. The first-order valence-electron chi connectivity index (χ1n) is 7.07. The van der Waals surface area contributed by atoms with E-state index in [0.29, 0.717) is 26.2 Å². The van der Waals surface area contributed by atoms with Crippen molar-refractivity contribution in [1.29, 1.82) is 0 Å². The van der Waals surface area contributed by atoms with Crippen LogP contribution in [0.3, 0.4) is 0 Å². The molecule has 0 unspecified atom stereocenters. The number of aromatic nitrogens is 1. The summed E-state index contributed by atoms with van der Waals surface area (Å²) in [6.45, 7) is 3.61. The fourth-order valence-electron chi connectivity index (χ4n) is 2.12. The largest absolute Gasteiger partial charge is 0.368 e. The summed E-state index contributed by atoms with van der Waals surface area (Å²) in [5.74, 6) is -1.05. The van der Waals surface area contributed by atoms with E-state index in [1.165, 1.54) is 17.2 Å². The summed E-state index contributed by atoms with van der Waals surface area (Å²) in [6.07, 6.45) is 2.48. The van der Waals surface area contributed by atoms with Crippen molar-refractivity contribution < 1.29 is 14.0 Å². The summed E-state index contributed by atoms with van der Waals surface area (Å²) in [4.78, 5) is 29.1. The molecule has 2 N–H and O–H groups in total.